The molecule has 3 nitrogen and oxygen atoms in total. The van der Waals surface area contributed by atoms with Crippen LogP contribution in [-0.2, 0) is 4.74 Å². The number of hydrogen-bond donors (Lipinski definition) is 1. The Morgan fingerprint density at radius 2 is 2.05 bits per heavy atom. The fourth-order valence-electron chi connectivity index (χ4n) is 2.48. The lowest BCUT2D eigenvalue weighted by atomic mass is 10.0. The van der Waals surface area contributed by atoms with Crippen molar-refractivity contribution in [1.29, 1.82) is 0 Å². The van der Waals surface area contributed by atoms with Crippen LogP contribution >= 0.6 is 0 Å². The fourth-order valence-corrected chi connectivity index (χ4v) is 2.48. The minimum atomic E-state index is -2.82. The van der Waals surface area contributed by atoms with Gasteiger partial charge in [0.05, 0.1) is 6.10 Å². The summed E-state index contributed by atoms with van der Waals surface area (Å²) in [6.45, 7) is 2.71. The van der Waals surface area contributed by atoms with Gasteiger partial charge in [-0.25, -0.2) is 0 Å². The zero-order chi connectivity index (χ0) is 14.5. The van der Waals surface area contributed by atoms with E-state index in [1.54, 1.807) is 18.2 Å². The van der Waals surface area contributed by atoms with E-state index in [2.05, 4.69) is 23.9 Å². The van der Waals surface area contributed by atoms with Crippen molar-refractivity contribution in [2.75, 3.05) is 13.2 Å². The Labute approximate surface area is 118 Å². The number of benzene rings is 1. The van der Waals surface area contributed by atoms with Gasteiger partial charge < -0.3 is 14.8 Å². The molecule has 1 aromatic carbocycles. The molecule has 0 aromatic heterocycles. The highest BCUT2D eigenvalue weighted by molar-refractivity contribution is 5.35. The first-order chi connectivity index (χ1) is 9.58. The molecular formula is C15H21F2NO2. The highest BCUT2D eigenvalue weighted by Crippen LogP contribution is 2.30. The van der Waals surface area contributed by atoms with Gasteiger partial charge in [-0.1, -0.05) is 32.0 Å². The summed E-state index contributed by atoms with van der Waals surface area (Å²) in [7, 11) is 0. The highest BCUT2D eigenvalue weighted by Gasteiger charge is 2.24. The number of ether oxygens (including phenoxy) is 2. The molecule has 0 spiro atoms. The predicted molar refractivity (Wildman–Crippen MR) is 73.0 cm³/mol. The second-order valence-electron chi connectivity index (χ2n) is 5.32. The van der Waals surface area contributed by atoms with E-state index >= 15 is 0 Å². The number of hydrogen-bond acceptors (Lipinski definition) is 3. The standard InChI is InChI=1S/C15H21F2NO2/c1-10(2)12-7-8-19-14(9-18-12)11-5-3-4-6-13(11)20-15(16)17/h3-6,10,12,14-15,18H,7-9H2,1-2H3. The Bertz CT molecular complexity index is 426. The monoisotopic (exact) mass is 285 g/mol. The molecule has 1 aliphatic heterocycles. The molecule has 0 bridgehead atoms. The third kappa shape index (κ3) is 3.90. The SMILES string of the molecule is CC(C)C1CCOC(c2ccccc2OC(F)F)CN1. The summed E-state index contributed by atoms with van der Waals surface area (Å²) < 4.78 is 35.3. The number of halogens is 2. The van der Waals surface area contributed by atoms with Crippen molar-refractivity contribution in [3.8, 4) is 5.75 Å². The zero-order valence-electron chi connectivity index (χ0n) is 11.8. The van der Waals surface area contributed by atoms with Crippen molar-refractivity contribution in [1.82, 2.24) is 5.32 Å². The number of para-hydroxylation sites is 1. The largest absolute Gasteiger partial charge is 0.434 e. The lowest BCUT2D eigenvalue weighted by molar-refractivity contribution is -0.0524. The molecule has 0 saturated carbocycles. The van der Waals surface area contributed by atoms with E-state index in [0.29, 0.717) is 30.7 Å². The Hall–Kier alpha value is -1.20. The van der Waals surface area contributed by atoms with Gasteiger partial charge in [0, 0.05) is 24.8 Å². The van der Waals surface area contributed by atoms with Gasteiger partial charge in [0.15, 0.2) is 0 Å². The van der Waals surface area contributed by atoms with Crippen LogP contribution in [0.1, 0.15) is 31.9 Å². The highest BCUT2D eigenvalue weighted by atomic mass is 19.3. The van der Waals surface area contributed by atoms with Crippen LogP contribution in [0.4, 0.5) is 8.78 Å². The molecule has 2 unspecified atom stereocenters. The summed E-state index contributed by atoms with van der Waals surface area (Å²) in [5.41, 5.74) is 0.671. The molecule has 1 aliphatic rings. The second kappa shape index (κ2) is 6.99. The molecule has 0 radical (unpaired) electrons. The lowest BCUT2D eigenvalue weighted by Crippen LogP contribution is -2.34. The van der Waals surface area contributed by atoms with E-state index in [4.69, 9.17) is 4.74 Å². The Morgan fingerprint density at radius 1 is 1.30 bits per heavy atom. The van der Waals surface area contributed by atoms with E-state index in [0.717, 1.165) is 6.42 Å². The summed E-state index contributed by atoms with van der Waals surface area (Å²) >= 11 is 0. The van der Waals surface area contributed by atoms with Crippen molar-refractivity contribution in [2.24, 2.45) is 5.92 Å². The van der Waals surface area contributed by atoms with Crippen molar-refractivity contribution >= 4 is 0 Å². The van der Waals surface area contributed by atoms with Gasteiger partial charge >= 0.3 is 6.61 Å². The van der Waals surface area contributed by atoms with Crippen LogP contribution in [0.5, 0.6) is 5.75 Å². The average Bonchev–Trinajstić information content (AvgIpc) is 2.64. The molecule has 1 N–H and O–H groups in total. The van der Waals surface area contributed by atoms with Crippen molar-refractivity contribution < 1.29 is 18.3 Å². The fraction of sp³-hybridized carbons (Fsp3) is 0.600. The molecule has 0 aliphatic carbocycles. The van der Waals surface area contributed by atoms with Crippen molar-refractivity contribution in [3.05, 3.63) is 29.8 Å². The van der Waals surface area contributed by atoms with Crippen molar-refractivity contribution in [2.45, 2.75) is 39.0 Å². The zero-order valence-corrected chi connectivity index (χ0v) is 11.8. The van der Waals surface area contributed by atoms with Crippen LogP contribution in [0, 0.1) is 5.92 Å². The summed E-state index contributed by atoms with van der Waals surface area (Å²) in [4.78, 5) is 0. The third-order valence-corrected chi connectivity index (χ3v) is 3.60. The quantitative estimate of drug-likeness (QED) is 0.920. The molecule has 112 valence electrons. The first kappa shape index (κ1) is 15.2. The Kier molecular flexibility index (Phi) is 5.31. The van der Waals surface area contributed by atoms with Gasteiger partial charge in [-0.3, -0.25) is 0 Å². The molecule has 20 heavy (non-hydrogen) atoms. The first-order valence-electron chi connectivity index (χ1n) is 6.96. The van der Waals surface area contributed by atoms with Crippen LogP contribution < -0.4 is 10.1 Å². The molecule has 1 heterocycles. The summed E-state index contributed by atoms with van der Waals surface area (Å²) in [5, 5.41) is 3.44. The number of alkyl halides is 2. The molecule has 5 heteroatoms. The van der Waals surface area contributed by atoms with Gasteiger partial charge in [-0.05, 0) is 18.4 Å². The summed E-state index contributed by atoms with van der Waals surface area (Å²) in [6.07, 6.45) is 0.667. The maximum Gasteiger partial charge on any atom is 0.387 e. The van der Waals surface area contributed by atoms with Gasteiger partial charge in [0.1, 0.15) is 5.75 Å². The van der Waals surface area contributed by atoms with Gasteiger partial charge in [0.2, 0.25) is 0 Å². The molecule has 1 fully saturated rings. The molecule has 2 atom stereocenters. The van der Waals surface area contributed by atoms with Crippen LogP contribution in [0.3, 0.4) is 0 Å². The molecule has 0 amide bonds. The molecular weight excluding hydrogens is 264 g/mol. The van der Waals surface area contributed by atoms with E-state index < -0.39 is 6.61 Å². The summed E-state index contributed by atoms with van der Waals surface area (Å²) in [6, 6.07) is 7.21. The van der Waals surface area contributed by atoms with Gasteiger partial charge in [0.25, 0.3) is 0 Å². The maximum absolute atomic E-state index is 12.4. The molecule has 1 aromatic rings. The third-order valence-electron chi connectivity index (χ3n) is 3.60. The minimum absolute atomic E-state index is 0.192. The number of nitrogens with one attached hydrogen (secondary N) is 1. The van der Waals surface area contributed by atoms with E-state index in [-0.39, 0.29) is 11.9 Å². The van der Waals surface area contributed by atoms with Gasteiger partial charge in [-0.2, -0.15) is 8.78 Å². The van der Waals surface area contributed by atoms with Crippen molar-refractivity contribution in [3.63, 3.8) is 0 Å². The smallest absolute Gasteiger partial charge is 0.387 e. The Morgan fingerprint density at radius 3 is 2.75 bits per heavy atom. The molecule has 2 rings (SSSR count). The first-order valence-corrected chi connectivity index (χ1v) is 6.96. The van der Waals surface area contributed by atoms with Crippen LogP contribution in [0.25, 0.3) is 0 Å². The topological polar surface area (TPSA) is 30.5 Å². The average molecular weight is 285 g/mol. The predicted octanol–water partition coefficient (Wildman–Crippen LogP) is 3.36. The number of rotatable bonds is 4. The Balaban J connectivity index is 2.11. The maximum atomic E-state index is 12.4. The second-order valence-corrected chi connectivity index (χ2v) is 5.32. The van der Waals surface area contributed by atoms with E-state index in [1.807, 2.05) is 6.07 Å². The van der Waals surface area contributed by atoms with Crippen LogP contribution in [0.2, 0.25) is 0 Å². The lowest BCUT2D eigenvalue weighted by Gasteiger charge is -2.21. The minimum Gasteiger partial charge on any atom is -0.434 e. The summed E-state index contributed by atoms with van der Waals surface area (Å²) in [5.74, 6) is 0.710. The molecule has 1 saturated heterocycles. The normalized spacial score (nSPS) is 23.9. The van der Waals surface area contributed by atoms with Crippen LogP contribution in [0.15, 0.2) is 24.3 Å². The van der Waals surface area contributed by atoms with E-state index in [1.165, 1.54) is 0 Å². The van der Waals surface area contributed by atoms with Crippen LogP contribution in [-0.4, -0.2) is 25.8 Å². The van der Waals surface area contributed by atoms with Gasteiger partial charge in [-0.15, -0.1) is 0 Å². The van der Waals surface area contributed by atoms with E-state index in [9.17, 15) is 8.78 Å².